The fraction of sp³-hybridized carbons (Fsp3) is 0.333. The van der Waals surface area contributed by atoms with E-state index in [2.05, 4.69) is 16.0 Å². The van der Waals surface area contributed by atoms with E-state index >= 15 is 0 Å². The lowest BCUT2D eigenvalue weighted by Gasteiger charge is -2.26. The first-order valence-corrected chi connectivity index (χ1v) is 10.7. The van der Waals surface area contributed by atoms with Crippen molar-refractivity contribution in [2.24, 2.45) is 5.41 Å². The number of carbonyl (C=O) groups excluding carboxylic acids is 1. The Balaban J connectivity index is 2.31. The van der Waals surface area contributed by atoms with Crippen LogP contribution in [-0.2, 0) is 12.7 Å². The van der Waals surface area contributed by atoms with Crippen molar-refractivity contribution in [3.05, 3.63) is 70.3 Å². The summed E-state index contributed by atoms with van der Waals surface area (Å²) in [7, 11) is 1.45. The normalized spacial score (nSPS) is 11.9. The number of alkyl halides is 3. The van der Waals surface area contributed by atoms with Crippen molar-refractivity contribution < 1.29 is 18.0 Å². The smallest absolute Gasteiger partial charge is 0.339 e. The van der Waals surface area contributed by atoms with Crippen molar-refractivity contribution in [3.8, 4) is 17.5 Å². The number of hydrogen-bond donors (Lipinski definition) is 0. The maximum absolute atomic E-state index is 14.3. The number of carbonyl (C=O) groups is 1. The van der Waals surface area contributed by atoms with Crippen molar-refractivity contribution in [1.29, 1.82) is 5.26 Å². The van der Waals surface area contributed by atoms with E-state index in [0.717, 1.165) is 4.57 Å². The highest BCUT2D eigenvalue weighted by atomic mass is 35.5. The van der Waals surface area contributed by atoms with Gasteiger partial charge in [0.05, 0.1) is 22.1 Å². The number of rotatable bonds is 6. The molecule has 0 atom stereocenters. The van der Waals surface area contributed by atoms with Crippen molar-refractivity contribution in [2.75, 3.05) is 13.6 Å². The third-order valence-corrected chi connectivity index (χ3v) is 5.48. The van der Waals surface area contributed by atoms with Gasteiger partial charge in [-0.25, -0.2) is 9.97 Å². The lowest BCUT2D eigenvalue weighted by atomic mass is 9.95. The minimum Gasteiger partial charge on any atom is -0.339 e. The largest absolute Gasteiger partial charge is 0.431 e. The molecule has 10 heteroatoms. The number of hydrogen-bond acceptors (Lipinski definition) is 4. The Labute approximate surface area is 200 Å². The van der Waals surface area contributed by atoms with Crippen LogP contribution < -0.4 is 0 Å². The summed E-state index contributed by atoms with van der Waals surface area (Å²) >= 11 is 5.88. The molecule has 0 unspecified atom stereocenters. The van der Waals surface area contributed by atoms with Gasteiger partial charge < -0.3 is 9.47 Å². The van der Waals surface area contributed by atoms with Crippen LogP contribution >= 0.6 is 11.6 Å². The van der Waals surface area contributed by atoms with E-state index in [1.807, 2.05) is 0 Å². The topological polar surface area (TPSA) is 74.8 Å². The average Bonchev–Trinajstić information content (AvgIpc) is 3.06. The van der Waals surface area contributed by atoms with Gasteiger partial charge in [-0.3, -0.25) is 4.79 Å². The molecule has 0 spiro atoms. The van der Waals surface area contributed by atoms with E-state index in [1.165, 1.54) is 31.3 Å². The molecule has 0 aliphatic heterocycles. The maximum atomic E-state index is 14.3. The van der Waals surface area contributed by atoms with Crippen LogP contribution in [0.2, 0.25) is 5.02 Å². The van der Waals surface area contributed by atoms with E-state index in [9.17, 15) is 23.2 Å². The molecule has 2 heterocycles. The van der Waals surface area contributed by atoms with Crippen molar-refractivity contribution >= 4 is 17.5 Å². The minimum absolute atomic E-state index is 0.0141. The summed E-state index contributed by atoms with van der Waals surface area (Å²) in [6.07, 6.45) is -2.22. The molecule has 0 saturated heterocycles. The predicted octanol–water partition coefficient (Wildman–Crippen LogP) is 5.60. The van der Waals surface area contributed by atoms with Crippen LogP contribution in [0.3, 0.4) is 0 Å². The van der Waals surface area contributed by atoms with Gasteiger partial charge in [-0.05, 0) is 31.9 Å². The number of benzene rings is 1. The summed E-state index contributed by atoms with van der Waals surface area (Å²) in [6, 6.07) is 10.7. The molecule has 178 valence electrons. The molecule has 3 rings (SSSR count). The van der Waals surface area contributed by atoms with E-state index in [4.69, 9.17) is 11.6 Å². The Morgan fingerprint density at radius 3 is 2.29 bits per heavy atom. The van der Waals surface area contributed by atoms with Crippen molar-refractivity contribution in [1.82, 2.24) is 19.4 Å². The molecule has 2 aromatic heterocycles. The summed E-state index contributed by atoms with van der Waals surface area (Å²) < 4.78 is 43.9. The van der Waals surface area contributed by atoms with Crippen molar-refractivity contribution in [2.45, 2.75) is 33.5 Å². The fourth-order valence-electron chi connectivity index (χ4n) is 3.85. The molecular weight excluding hydrogens is 467 g/mol. The molecular formula is C24H23ClF3N5O. The zero-order valence-electron chi connectivity index (χ0n) is 19.1. The molecule has 1 amide bonds. The molecule has 0 bridgehead atoms. The molecule has 0 aliphatic rings. The Hall–Kier alpha value is -3.38. The molecule has 6 nitrogen and oxygen atoms in total. The van der Waals surface area contributed by atoms with Crippen LogP contribution in [0.5, 0.6) is 0 Å². The summed E-state index contributed by atoms with van der Waals surface area (Å²) in [6.45, 7) is 4.42. The van der Waals surface area contributed by atoms with E-state index in [1.54, 1.807) is 44.2 Å². The number of halogens is 4. The van der Waals surface area contributed by atoms with E-state index in [0.29, 0.717) is 5.56 Å². The quantitative estimate of drug-likeness (QED) is 0.452. The Bertz CT molecular complexity index is 1230. The number of nitrogens with zero attached hydrogens (tertiary/aromatic N) is 5. The predicted molar refractivity (Wildman–Crippen MR) is 122 cm³/mol. The zero-order chi connectivity index (χ0) is 25.3. The molecule has 0 N–H and O–H groups in total. The van der Waals surface area contributed by atoms with Gasteiger partial charge in [0, 0.05) is 32.5 Å². The number of nitriles is 1. The van der Waals surface area contributed by atoms with Gasteiger partial charge in [0.15, 0.2) is 5.82 Å². The minimum atomic E-state index is -4.75. The maximum Gasteiger partial charge on any atom is 0.431 e. The first kappa shape index (κ1) is 25.2. The lowest BCUT2D eigenvalue weighted by molar-refractivity contribution is -0.143. The van der Waals surface area contributed by atoms with Gasteiger partial charge in [-0.15, -0.1) is 0 Å². The van der Waals surface area contributed by atoms with Gasteiger partial charge in [-0.1, -0.05) is 41.9 Å². The Kier molecular flexibility index (Phi) is 7.03. The first-order valence-electron chi connectivity index (χ1n) is 10.3. The van der Waals surface area contributed by atoms with Crippen LogP contribution in [0.1, 0.15) is 41.2 Å². The third kappa shape index (κ3) is 5.23. The highest BCUT2D eigenvalue weighted by molar-refractivity contribution is 6.30. The molecule has 0 fully saturated rings. The third-order valence-electron chi connectivity index (χ3n) is 5.29. The molecule has 0 saturated carbocycles. The highest BCUT2D eigenvalue weighted by Gasteiger charge is 2.42. The zero-order valence-corrected chi connectivity index (χ0v) is 19.9. The summed E-state index contributed by atoms with van der Waals surface area (Å²) in [5.74, 6) is -0.720. The van der Waals surface area contributed by atoms with Gasteiger partial charge in [0.1, 0.15) is 11.4 Å². The van der Waals surface area contributed by atoms with Crippen LogP contribution in [0.25, 0.3) is 11.4 Å². The molecule has 0 aliphatic carbocycles. The van der Waals surface area contributed by atoms with E-state index in [-0.39, 0.29) is 40.8 Å². The summed E-state index contributed by atoms with van der Waals surface area (Å²) in [4.78, 5) is 23.1. The van der Waals surface area contributed by atoms with Crippen LogP contribution in [0.4, 0.5) is 13.2 Å². The number of amides is 1. The van der Waals surface area contributed by atoms with Gasteiger partial charge in [0.25, 0.3) is 5.91 Å². The second kappa shape index (κ2) is 9.47. The summed E-state index contributed by atoms with van der Waals surface area (Å²) in [5, 5.41) is 9.59. The Morgan fingerprint density at radius 2 is 1.76 bits per heavy atom. The van der Waals surface area contributed by atoms with Gasteiger partial charge >= 0.3 is 6.18 Å². The fourth-order valence-corrected chi connectivity index (χ4v) is 3.95. The van der Waals surface area contributed by atoms with Gasteiger partial charge in [0.2, 0.25) is 0 Å². The SMILES string of the molecule is Cc1c(-c2ncc(Cl)cn2)c(C(=O)N(C)CC(C)(C)C#N)n(Cc2ccccc2)c1C(F)(F)F. The van der Waals surface area contributed by atoms with Crippen LogP contribution in [0, 0.1) is 23.7 Å². The second-order valence-electron chi connectivity index (χ2n) is 8.65. The van der Waals surface area contributed by atoms with Gasteiger partial charge in [-0.2, -0.15) is 18.4 Å². The standard InChI is InChI=1S/C24H23ClF3N5O/c1-15-18(21-30-10-17(25)11-31-21)19(22(34)32(4)14-23(2,3)13-29)33(20(15)24(26,27)28)12-16-8-6-5-7-9-16/h5-11H,12,14H2,1-4H3. The first-order chi connectivity index (χ1) is 15.9. The second-order valence-corrected chi connectivity index (χ2v) is 9.08. The molecule has 1 aromatic carbocycles. The van der Waals surface area contributed by atoms with Crippen LogP contribution in [0.15, 0.2) is 42.7 Å². The average molecular weight is 490 g/mol. The monoisotopic (exact) mass is 489 g/mol. The molecule has 0 radical (unpaired) electrons. The highest BCUT2D eigenvalue weighted by Crippen LogP contribution is 2.41. The van der Waals surface area contributed by atoms with Crippen molar-refractivity contribution in [3.63, 3.8) is 0 Å². The lowest BCUT2D eigenvalue weighted by Crippen LogP contribution is -2.37. The van der Waals surface area contributed by atoms with E-state index < -0.39 is 23.2 Å². The van der Waals surface area contributed by atoms with Crippen LogP contribution in [-0.4, -0.2) is 38.9 Å². The Morgan fingerprint density at radius 1 is 1.18 bits per heavy atom. The number of aromatic nitrogens is 3. The summed E-state index contributed by atoms with van der Waals surface area (Å²) in [5.41, 5.74) is -1.66. The molecule has 3 aromatic rings. The molecule has 34 heavy (non-hydrogen) atoms.